The average molecular weight is 414 g/mol. The van der Waals surface area contributed by atoms with Crippen molar-refractivity contribution < 1.29 is 30.0 Å². The summed E-state index contributed by atoms with van der Waals surface area (Å²) in [6.45, 7) is 0. The molecule has 1 aliphatic rings. The van der Waals surface area contributed by atoms with E-state index in [2.05, 4.69) is 0 Å². The van der Waals surface area contributed by atoms with Gasteiger partial charge in [0.1, 0.15) is 18.3 Å². The lowest BCUT2D eigenvalue weighted by molar-refractivity contribution is -0.160. The second-order valence-corrected chi connectivity index (χ2v) is 5.56. The van der Waals surface area contributed by atoms with Gasteiger partial charge in [0.05, 0.1) is 3.57 Å². The zero-order chi connectivity index (χ0) is 15.9. The quantitative estimate of drug-likeness (QED) is 0.332. The number of ether oxygens (including phenoxy) is 1. The molecule has 2 heterocycles. The van der Waals surface area contributed by atoms with E-state index in [-0.39, 0.29) is 3.57 Å². The SMILES string of the molecule is O=C(O)[C@H](O)[C@H]1O[C@@H](n2cc(I)c(=O)[nH]c2=O)[C@@H](O)[C@@H]1O. The maximum atomic E-state index is 11.7. The smallest absolute Gasteiger partial charge is 0.335 e. The number of aliphatic hydroxyl groups excluding tert-OH is 3. The number of aliphatic hydroxyl groups is 3. The Balaban J connectivity index is 2.38. The normalized spacial score (nSPS) is 30.3. The van der Waals surface area contributed by atoms with Crippen LogP contribution < -0.4 is 11.2 Å². The molecule has 0 aromatic carbocycles. The molecule has 10 nitrogen and oxygen atoms in total. The summed E-state index contributed by atoms with van der Waals surface area (Å²) in [5, 5.41) is 37.7. The maximum Gasteiger partial charge on any atom is 0.335 e. The van der Waals surface area contributed by atoms with Crippen LogP contribution >= 0.6 is 22.6 Å². The van der Waals surface area contributed by atoms with Crippen LogP contribution in [0.15, 0.2) is 15.8 Å². The molecule has 0 spiro atoms. The minimum atomic E-state index is -2.07. The summed E-state index contributed by atoms with van der Waals surface area (Å²) in [7, 11) is 0. The maximum absolute atomic E-state index is 11.7. The summed E-state index contributed by atoms with van der Waals surface area (Å²) >= 11 is 1.65. The van der Waals surface area contributed by atoms with Crippen molar-refractivity contribution in [3.8, 4) is 0 Å². The van der Waals surface area contributed by atoms with E-state index < -0.39 is 47.9 Å². The Morgan fingerprint density at radius 2 is 2.00 bits per heavy atom. The predicted octanol–water partition coefficient (Wildman–Crippen LogP) is -2.79. The Morgan fingerprint density at radius 3 is 2.57 bits per heavy atom. The number of halogens is 1. The van der Waals surface area contributed by atoms with Gasteiger partial charge >= 0.3 is 11.7 Å². The number of aliphatic carboxylic acids is 1. The summed E-state index contributed by atoms with van der Waals surface area (Å²) < 4.78 is 6.01. The molecule has 21 heavy (non-hydrogen) atoms. The number of aromatic nitrogens is 2. The highest BCUT2D eigenvalue weighted by Gasteiger charge is 2.49. The first kappa shape index (κ1) is 16.1. The first-order chi connectivity index (χ1) is 9.73. The second kappa shape index (κ2) is 5.84. The third kappa shape index (κ3) is 2.87. The van der Waals surface area contributed by atoms with Crippen LogP contribution in [0.5, 0.6) is 0 Å². The highest BCUT2D eigenvalue weighted by atomic mass is 127. The molecule has 1 fully saturated rings. The van der Waals surface area contributed by atoms with Crippen molar-refractivity contribution in [3.63, 3.8) is 0 Å². The van der Waals surface area contributed by atoms with Crippen molar-refractivity contribution in [3.05, 3.63) is 30.6 Å². The molecule has 0 aliphatic carbocycles. The molecule has 116 valence electrons. The molecule has 0 radical (unpaired) electrons. The molecule has 1 aromatic heterocycles. The van der Waals surface area contributed by atoms with Gasteiger partial charge in [-0.3, -0.25) is 14.3 Å². The van der Waals surface area contributed by atoms with Crippen molar-refractivity contribution in [2.75, 3.05) is 0 Å². The molecular formula is C10H11IN2O8. The number of rotatable bonds is 3. The lowest BCUT2D eigenvalue weighted by Crippen LogP contribution is -2.42. The van der Waals surface area contributed by atoms with Crippen LogP contribution in [-0.4, -0.2) is 60.4 Å². The molecule has 11 heteroatoms. The van der Waals surface area contributed by atoms with Gasteiger partial charge in [-0.05, 0) is 22.6 Å². The Hall–Kier alpha value is -1.28. The van der Waals surface area contributed by atoms with Crippen LogP contribution in [0.3, 0.4) is 0 Å². The second-order valence-electron chi connectivity index (χ2n) is 4.40. The monoisotopic (exact) mass is 414 g/mol. The lowest BCUT2D eigenvalue weighted by Gasteiger charge is -2.18. The average Bonchev–Trinajstić information content (AvgIpc) is 2.70. The van der Waals surface area contributed by atoms with Gasteiger partial charge in [0.25, 0.3) is 5.56 Å². The molecule has 0 amide bonds. The van der Waals surface area contributed by atoms with E-state index >= 15 is 0 Å². The van der Waals surface area contributed by atoms with E-state index in [1.165, 1.54) is 0 Å². The van der Waals surface area contributed by atoms with E-state index in [0.717, 1.165) is 10.8 Å². The molecule has 5 N–H and O–H groups in total. The van der Waals surface area contributed by atoms with Gasteiger partial charge in [-0.1, -0.05) is 0 Å². The van der Waals surface area contributed by atoms with Crippen LogP contribution in [0, 0.1) is 3.57 Å². The summed E-state index contributed by atoms with van der Waals surface area (Å²) in [4.78, 5) is 35.6. The molecule has 5 atom stereocenters. The zero-order valence-electron chi connectivity index (χ0n) is 10.2. The number of aromatic amines is 1. The molecular weight excluding hydrogens is 403 g/mol. The lowest BCUT2D eigenvalue weighted by atomic mass is 10.1. The van der Waals surface area contributed by atoms with Crippen LogP contribution in [0.1, 0.15) is 6.23 Å². The van der Waals surface area contributed by atoms with Crippen LogP contribution in [0.25, 0.3) is 0 Å². The number of H-pyrrole nitrogens is 1. The van der Waals surface area contributed by atoms with E-state index in [1.807, 2.05) is 4.98 Å². The van der Waals surface area contributed by atoms with Gasteiger partial charge in [-0.2, -0.15) is 0 Å². The molecule has 0 saturated carbocycles. The molecule has 0 unspecified atom stereocenters. The first-order valence-corrected chi connectivity index (χ1v) is 6.75. The van der Waals surface area contributed by atoms with Gasteiger partial charge < -0.3 is 25.2 Å². The van der Waals surface area contributed by atoms with E-state index in [1.54, 1.807) is 22.6 Å². The fourth-order valence-corrected chi connectivity index (χ4v) is 2.40. The Labute approximate surface area is 129 Å². The minimum Gasteiger partial charge on any atom is -0.479 e. The van der Waals surface area contributed by atoms with Gasteiger partial charge in [-0.25, -0.2) is 9.59 Å². The number of carboxylic acids is 1. The molecule has 1 saturated heterocycles. The van der Waals surface area contributed by atoms with E-state index in [9.17, 15) is 29.7 Å². The van der Waals surface area contributed by atoms with Gasteiger partial charge in [-0.15, -0.1) is 0 Å². The van der Waals surface area contributed by atoms with Crippen LogP contribution in [0.2, 0.25) is 0 Å². The summed E-state index contributed by atoms with van der Waals surface area (Å²) in [5.41, 5.74) is -1.53. The number of nitrogens with one attached hydrogen (secondary N) is 1. The van der Waals surface area contributed by atoms with E-state index in [4.69, 9.17) is 9.84 Å². The molecule has 2 rings (SSSR count). The third-order valence-corrected chi connectivity index (χ3v) is 3.81. The minimum absolute atomic E-state index is 0.125. The Bertz CT molecular complexity index is 670. The summed E-state index contributed by atoms with van der Waals surface area (Å²) in [6.07, 6.45) is -7.38. The number of carbonyl (C=O) groups is 1. The van der Waals surface area contributed by atoms with Gasteiger partial charge in [0, 0.05) is 6.20 Å². The fourth-order valence-electron chi connectivity index (χ4n) is 1.97. The van der Waals surface area contributed by atoms with Crippen LogP contribution in [-0.2, 0) is 9.53 Å². The summed E-state index contributed by atoms with van der Waals surface area (Å²) in [6, 6.07) is 0. The summed E-state index contributed by atoms with van der Waals surface area (Å²) in [5.74, 6) is -1.64. The molecule has 0 bridgehead atoms. The predicted molar refractivity (Wildman–Crippen MR) is 73.6 cm³/mol. The Kier molecular flexibility index (Phi) is 4.48. The first-order valence-electron chi connectivity index (χ1n) is 5.67. The fraction of sp³-hybridized carbons (Fsp3) is 0.500. The topological polar surface area (TPSA) is 162 Å². The standard InChI is InChI=1S/C10H11IN2O8/c11-2-1-13(10(20)12-7(2)17)8-4(15)3(14)6(21-8)5(16)9(18)19/h1,3-6,8,14-16H,(H,18,19)(H,12,17,20)/t3-,4-,5+,6-,8+/m0/s1. The number of hydrogen-bond donors (Lipinski definition) is 5. The Morgan fingerprint density at radius 1 is 1.38 bits per heavy atom. The van der Waals surface area contributed by atoms with Crippen molar-refractivity contribution in [1.82, 2.24) is 9.55 Å². The zero-order valence-corrected chi connectivity index (χ0v) is 12.4. The van der Waals surface area contributed by atoms with Gasteiger partial charge in [0.2, 0.25) is 0 Å². The van der Waals surface area contributed by atoms with Gasteiger partial charge in [0.15, 0.2) is 12.3 Å². The number of carboxylic acid groups (broad SMARTS) is 1. The highest BCUT2D eigenvalue weighted by Crippen LogP contribution is 2.30. The third-order valence-electron chi connectivity index (χ3n) is 3.04. The van der Waals surface area contributed by atoms with Crippen molar-refractivity contribution in [2.45, 2.75) is 30.6 Å². The largest absolute Gasteiger partial charge is 0.479 e. The number of hydrogen-bond acceptors (Lipinski definition) is 7. The molecule has 1 aromatic rings. The molecule has 1 aliphatic heterocycles. The number of nitrogens with zero attached hydrogens (tertiary/aromatic N) is 1. The van der Waals surface area contributed by atoms with E-state index in [0.29, 0.717) is 0 Å². The highest BCUT2D eigenvalue weighted by molar-refractivity contribution is 14.1. The van der Waals surface area contributed by atoms with Crippen LogP contribution in [0.4, 0.5) is 0 Å². The van der Waals surface area contributed by atoms with Crippen molar-refractivity contribution >= 4 is 28.6 Å². The van der Waals surface area contributed by atoms with Crippen molar-refractivity contribution in [2.24, 2.45) is 0 Å². The van der Waals surface area contributed by atoms with Crippen molar-refractivity contribution in [1.29, 1.82) is 0 Å².